The molecule has 3 N–H and O–H groups in total. The summed E-state index contributed by atoms with van der Waals surface area (Å²) in [5.41, 5.74) is 9.90. The van der Waals surface area contributed by atoms with Crippen molar-refractivity contribution in [3.63, 3.8) is 0 Å². The number of pyridine rings is 1. The van der Waals surface area contributed by atoms with E-state index in [1.165, 1.54) is 5.56 Å². The molecule has 0 unspecified atom stereocenters. The van der Waals surface area contributed by atoms with Crippen LogP contribution in [-0.4, -0.2) is 4.98 Å². The number of benzene rings is 2. The molecule has 0 aliphatic heterocycles. The minimum Gasteiger partial charge on any atom is -0.328 e. The third kappa shape index (κ3) is 2.95. The molecule has 3 aromatic rings. The van der Waals surface area contributed by atoms with Gasteiger partial charge in [0.05, 0.1) is 0 Å². The van der Waals surface area contributed by atoms with Gasteiger partial charge in [0.1, 0.15) is 0 Å². The van der Waals surface area contributed by atoms with Gasteiger partial charge in [-0.25, -0.2) is 0 Å². The molecular weight excluding hydrogens is 272 g/mol. The normalized spacial score (nSPS) is 10.2. The maximum absolute atomic E-state index is 12.0. The molecule has 0 fully saturated rings. The van der Waals surface area contributed by atoms with Gasteiger partial charge in [-0.2, -0.15) is 0 Å². The summed E-state index contributed by atoms with van der Waals surface area (Å²) >= 11 is 0. The van der Waals surface area contributed by atoms with Gasteiger partial charge in [0, 0.05) is 23.7 Å². The number of hydrogen-bond donors (Lipinski definition) is 2. The number of aryl methyl sites for hydroxylation is 1. The summed E-state index contributed by atoms with van der Waals surface area (Å²) < 4.78 is 0. The second kappa shape index (κ2) is 7.05. The maximum atomic E-state index is 12.0. The van der Waals surface area contributed by atoms with E-state index in [1.807, 2.05) is 44.2 Å². The van der Waals surface area contributed by atoms with Gasteiger partial charge in [-0.05, 0) is 35.1 Å². The average Bonchev–Trinajstić information content (AvgIpc) is 2.58. The number of rotatable bonds is 2. The summed E-state index contributed by atoms with van der Waals surface area (Å²) in [5, 5.41) is 1.65. The van der Waals surface area contributed by atoms with Crippen molar-refractivity contribution in [3.8, 4) is 11.1 Å². The van der Waals surface area contributed by atoms with Gasteiger partial charge >= 0.3 is 0 Å². The number of nitrogens with one attached hydrogen (secondary N) is 1. The summed E-state index contributed by atoms with van der Waals surface area (Å²) in [7, 11) is 0. The van der Waals surface area contributed by atoms with E-state index in [0.29, 0.717) is 11.9 Å². The van der Waals surface area contributed by atoms with Crippen LogP contribution in [0, 0.1) is 6.92 Å². The summed E-state index contributed by atoms with van der Waals surface area (Å²) in [6.07, 6.45) is 1.79. The first-order chi connectivity index (χ1) is 10.7. The predicted octanol–water partition coefficient (Wildman–Crippen LogP) is 3.99. The van der Waals surface area contributed by atoms with E-state index in [0.717, 1.165) is 22.1 Å². The minimum atomic E-state index is -0.0763. The smallest absolute Gasteiger partial charge is 0.255 e. The van der Waals surface area contributed by atoms with Gasteiger partial charge < -0.3 is 10.7 Å². The van der Waals surface area contributed by atoms with Crippen LogP contribution in [0.1, 0.15) is 25.0 Å². The second-order valence-corrected chi connectivity index (χ2v) is 4.93. The van der Waals surface area contributed by atoms with Gasteiger partial charge in [0.15, 0.2) is 0 Å². The van der Waals surface area contributed by atoms with E-state index < -0.39 is 0 Å². The first-order valence-corrected chi connectivity index (χ1v) is 7.61. The van der Waals surface area contributed by atoms with Crippen LogP contribution in [0.3, 0.4) is 0 Å². The lowest BCUT2D eigenvalue weighted by atomic mass is 9.96. The lowest BCUT2D eigenvalue weighted by Gasteiger charge is -2.10. The zero-order chi connectivity index (χ0) is 16.1. The highest BCUT2D eigenvalue weighted by atomic mass is 16.1. The van der Waals surface area contributed by atoms with Crippen molar-refractivity contribution in [1.82, 2.24) is 4.98 Å². The monoisotopic (exact) mass is 294 g/mol. The molecule has 2 aromatic carbocycles. The van der Waals surface area contributed by atoms with E-state index >= 15 is 0 Å². The molecular formula is C19H22N2O. The van der Waals surface area contributed by atoms with Crippen LogP contribution in [0.2, 0.25) is 0 Å². The third-order valence-corrected chi connectivity index (χ3v) is 3.64. The lowest BCUT2D eigenvalue weighted by Crippen LogP contribution is -2.07. The molecule has 0 spiro atoms. The minimum absolute atomic E-state index is 0.0763. The van der Waals surface area contributed by atoms with Gasteiger partial charge in [0.2, 0.25) is 0 Å². The molecule has 0 atom stereocenters. The Labute approximate surface area is 130 Å². The Morgan fingerprint density at radius 2 is 1.73 bits per heavy atom. The summed E-state index contributed by atoms with van der Waals surface area (Å²) in [6.45, 7) is 6.50. The van der Waals surface area contributed by atoms with Crippen LogP contribution < -0.4 is 11.3 Å². The molecule has 0 aliphatic rings. The first-order valence-electron chi connectivity index (χ1n) is 7.61. The topological polar surface area (TPSA) is 58.9 Å². The maximum Gasteiger partial charge on any atom is 0.255 e. The zero-order valence-electron chi connectivity index (χ0n) is 13.3. The molecule has 0 amide bonds. The molecule has 1 aromatic heterocycles. The van der Waals surface area contributed by atoms with E-state index in [2.05, 4.69) is 24.0 Å². The molecule has 0 saturated heterocycles. The van der Waals surface area contributed by atoms with Crippen molar-refractivity contribution in [2.45, 2.75) is 27.3 Å². The van der Waals surface area contributed by atoms with E-state index in [4.69, 9.17) is 5.73 Å². The van der Waals surface area contributed by atoms with Crippen LogP contribution in [0.4, 0.5) is 0 Å². The number of aromatic nitrogens is 1. The summed E-state index contributed by atoms with van der Waals surface area (Å²) in [4.78, 5) is 14.8. The molecule has 0 bridgehead atoms. The molecule has 0 radical (unpaired) electrons. The van der Waals surface area contributed by atoms with Crippen molar-refractivity contribution in [2.24, 2.45) is 5.73 Å². The quantitative estimate of drug-likeness (QED) is 0.751. The van der Waals surface area contributed by atoms with Gasteiger partial charge in [-0.15, -0.1) is 0 Å². The molecule has 3 heteroatoms. The Hall–Kier alpha value is -2.39. The van der Waals surface area contributed by atoms with Crippen molar-refractivity contribution >= 4 is 10.8 Å². The lowest BCUT2D eigenvalue weighted by molar-refractivity contribution is 1.07. The molecule has 114 valence electrons. The fraction of sp³-hybridized carbons (Fsp3) is 0.211. The largest absolute Gasteiger partial charge is 0.328 e. The zero-order valence-corrected chi connectivity index (χ0v) is 13.3. The standard InChI is InChI=1S/C17H16N2O.C2H6/c1-11-4-2-3-5-13(11)16-10-19-17(20)15-8-12(9-18)6-7-14(15)16;1-2/h2-8,10H,9,18H2,1H3,(H,19,20);1-2H3. The summed E-state index contributed by atoms with van der Waals surface area (Å²) in [6, 6.07) is 14.0. The summed E-state index contributed by atoms with van der Waals surface area (Å²) in [5.74, 6) is 0. The number of hydrogen-bond acceptors (Lipinski definition) is 2. The van der Waals surface area contributed by atoms with Crippen LogP contribution in [0.15, 0.2) is 53.5 Å². The third-order valence-electron chi connectivity index (χ3n) is 3.64. The van der Waals surface area contributed by atoms with Crippen LogP contribution >= 0.6 is 0 Å². The highest BCUT2D eigenvalue weighted by molar-refractivity contribution is 5.96. The SMILES string of the molecule is CC.Cc1ccccc1-c1c[nH]c(=O)c2cc(CN)ccc12. The fourth-order valence-electron chi connectivity index (χ4n) is 2.53. The van der Waals surface area contributed by atoms with Crippen LogP contribution in [-0.2, 0) is 6.54 Å². The van der Waals surface area contributed by atoms with Gasteiger partial charge in [-0.3, -0.25) is 4.79 Å². The molecule has 0 aliphatic carbocycles. The van der Waals surface area contributed by atoms with Crippen LogP contribution in [0.25, 0.3) is 21.9 Å². The highest BCUT2D eigenvalue weighted by Crippen LogP contribution is 2.28. The van der Waals surface area contributed by atoms with Crippen molar-refractivity contribution in [3.05, 3.63) is 70.1 Å². The Morgan fingerprint density at radius 1 is 1.00 bits per heavy atom. The second-order valence-electron chi connectivity index (χ2n) is 4.93. The predicted molar refractivity (Wildman–Crippen MR) is 94.0 cm³/mol. The highest BCUT2D eigenvalue weighted by Gasteiger charge is 2.09. The average molecular weight is 294 g/mol. The molecule has 3 nitrogen and oxygen atoms in total. The van der Waals surface area contributed by atoms with Crippen LogP contribution in [0.5, 0.6) is 0 Å². The number of H-pyrrole nitrogens is 1. The number of fused-ring (bicyclic) bond motifs is 1. The molecule has 22 heavy (non-hydrogen) atoms. The molecule has 1 heterocycles. The van der Waals surface area contributed by atoms with E-state index in [-0.39, 0.29) is 5.56 Å². The Balaban J connectivity index is 0.000000847. The van der Waals surface area contributed by atoms with Crippen molar-refractivity contribution < 1.29 is 0 Å². The fourth-order valence-corrected chi connectivity index (χ4v) is 2.53. The van der Waals surface area contributed by atoms with E-state index in [1.54, 1.807) is 6.20 Å². The number of nitrogens with two attached hydrogens (primary N) is 1. The van der Waals surface area contributed by atoms with Gasteiger partial charge in [0.25, 0.3) is 5.56 Å². The van der Waals surface area contributed by atoms with Gasteiger partial charge in [-0.1, -0.05) is 50.2 Å². The van der Waals surface area contributed by atoms with Crippen molar-refractivity contribution in [1.29, 1.82) is 0 Å². The molecule has 0 saturated carbocycles. The van der Waals surface area contributed by atoms with Crippen molar-refractivity contribution in [2.75, 3.05) is 0 Å². The van der Waals surface area contributed by atoms with E-state index in [9.17, 15) is 4.79 Å². The number of aromatic amines is 1. The Morgan fingerprint density at radius 3 is 2.41 bits per heavy atom. The first kappa shape index (κ1) is 16.0. The Kier molecular flexibility index (Phi) is 5.12. The molecule has 3 rings (SSSR count). The Bertz CT molecular complexity index is 834.